The van der Waals surface area contributed by atoms with E-state index in [-0.39, 0.29) is 15.7 Å². The maximum absolute atomic E-state index is 13.0. The van der Waals surface area contributed by atoms with E-state index < -0.39 is 15.9 Å². The van der Waals surface area contributed by atoms with Crippen LogP contribution in [0.3, 0.4) is 0 Å². The van der Waals surface area contributed by atoms with Gasteiger partial charge in [0.25, 0.3) is 0 Å². The predicted octanol–water partition coefficient (Wildman–Crippen LogP) is 3.89. The number of halogens is 1. The summed E-state index contributed by atoms with van der Waals surface area (Å²) < 4.78 is 32.7. The Morgan fingerprint density at radius 1 is 1.14 bits per heavy atom. The van der Waals surface area contributed by atoms with Crippen LogP contribution >= 0.6 is 11.6 Å². The average Bonchev–Trinajstić information content (AvgIpc) is 3.13. The minimum atomic E-state index is -3.82. The molecule has 1 amide bonds. The molecule has 1 aromatic heterocycles. The van der Waals surface area contributed by atoms with Crippen LogP contribution in [-0.4, -0.2) is 31.2 Å². The Kier molecular flexibility index (Phi) is 5.95. The molecule has 0 radical (unpaired) electrons. The molecular weight excluding hydrogens is 414 g/mol. The summed E-state index contributed by atoms with van der Waals surface area (Å²) in [5.74, 6) is -0.0332. The van der Waals surface area contributed by atoms with Gasteiger partial charge in [0.15, 0.2) is 0 Å². The molecule has 0 aliphatic carbocycles. The van der Waals surface area contributed by atoms with Crippen LogP contribution in [0, 0.1) is 6.92 Å². The highest BCUT2D eigenvalue weighted by molar-refractivity contribution is 7.91. The van der Waals surface area contributed by atoms with Gasteiger partial charge in [-0.25, -0.2) is 8.42 Å². The van der Waals surface area contributed by atoms with Gasteiger partial charge in [0.05, 0.1) is 22.6 Å². The molecule has 29 heavy (non-hydrogen) atoms. The van der Waals surface area contributed by atoms with Gasteiger partial charge in [0, 0.05) is 23.0 Å². The zero-order valence-corrected chi connectivity index (χ0v) is 17.7. The van der Waals surface area contributed by atoms with Crippen molar-refractivity contribution in [2.75, 3.05) is 12.4 Å². The van der Waals surface area contributed by atoms with E-state index in [1.165, 1.54) is 48.2 Å². The maximum Gasteiger partial charge on any atom is 0.248 e. The average molecular weight is 434 g/mol. The van der Waals surface area contributed by atoms with Crippen molar-refractivity contribution < 1.29 is 17.9 Å². The number of rotatable bonds is 6. The topological polar surface area (TPSA) is 90.3 Å². The van der Waals surface area contributed by atoms with E-state index in [0.717, 1.165) is 5.69 Å². The number of methoxy groups -OCH3 is 1. The SMILES string of the molecule is COc1cc(NC(=O)C(C)n2ccc(C)n2)cc(S(=O)(=O)c2ccc(Cl)cc2)c1. The molecule has 1 unspecified atom stereocenters. The van der Waals surface area contributed by atoms with Crippen molar-refractivity contribution in [2.24, 2.45) is 0 Å². The fraction of sp³-hybridized carbons (Fsp3) is 0.200. The molecule has 1 atom stereocenters. The first-order chi connectivity index (χ1) is 13.7. The van der Waals surface area contributed by atoms with Crippen molar-refractivity contribution in [1.82, 2.24) is 9.78 Å². The van der Waals surface area contributed by atoms with E-state index in [9.17, 15) is 13.2 Å². The molecule has 152 valence electrons. The van der Waals surface area contributed by atoms with E-state index in [2.05, 4.69) is 10.4 Å². The highest BCUT2D eigenvalue weighted by Gasteiger charge is 2.21. The summed E-state index contributed by atoms with van der Waals surface area (Å²) in [4.78, 5) is 12.7. The minimum Gasteiger partial charge on any atom is -0.497 e. The van der Waals surface area contributed by atoms with Crippen LogP contribution in [0.4, 0.5) is 5.69 Å². The number of nitrogens with zero attached hydrogens (tertiary/aromatic N) is 2. The number of sulfone groups is 1. The lowest BCUT2D eigenvalue weighted by Gasteiger charge is -2.15. The minimum absolute atomic E-state index is 0.00272. The number of anilines is 1. The van der Waals surface area contributed by atoms with Gasteiger partial charge in [-0.05, 0) is 56.3 Å². The number of benzene rings is 2. The first kappa shape index (κ1) is 20.9. The normalized spacial score (nSPS) is 12.4. The van der Waals surface area contributed by atoms with Crippen LogP contribution in [0.25, 0.3) is 0 Å². The third-order valence-electron chi connectivity index (χ3n) is 4.34. The molecule has 1 heterocycles. The fourth-order valence-electron chi connectivity index (χ4n) is 2.68. The molecule has 2 aromatic carbocycles. The van der Waals surface area contributed by atoms with Gasteiger partial charge in [-0.2, -0.15) is 5.10 Å². The molecule has 7 nitrogen and oxygen atoms in total. The number of hydrogen-bond donors (Lipinski definition) is 1. The fourth-order valence-corrected chi connectivity index (χ4v) is 4.13. The van der Waals surface area contributed by atoms with Crippen LogP contribution in [0.15, 0.2) is 64.5 Å². The summed E-state index contributed by atoms with van der Waals surface area (Å²) >= 11 is 5.85. The molecule has 3 rings (SSSR count). The number of aromatic nitrogens is 2. The Morgan fingerprint density at radius 2 is 1.83 bits per heavy atom. The number of carbonyl (C=O) groups is 1. The van der Waals surface area contributed by atoms with Crippen LogP contribution in [-0.2, 0) is 14.6 Å². The summed E-state index contributed by atoms with van der Waals surface area (Å²) in [5, 5.41) is 7.40. The molecule has 3 aromatic rings. The second kappa shape index (κ2) is 8.26. The lowest BCUT2D eigenvalue weighted by molar-refractivity contribution is -0.119. The van der Waals surface area contributed by atoms with Crippen LogP contribution in [0.2, 0.25) is 5.02 Å². The Bertz CT molecular complexity index is 1140. The Morgan fingerprint density at radius 3 is 2.41 bits per heavy atom. The molecule has 0 aliphatic rings. The third-order valence-corrected chi connectivity index (χ3v) is 6.34. The van der Waals surface area contributed by atoms with E-state index >= 15 is 0 Å². The quantitative estimate of drug-likeness (QED) is 0.637. The smallest absolute Gasteiger partial charge is 0.248 e. The molecule has 1 N–H and O–H groups in total. The second-order valence-electron chi connectivity index (χ2n) is 6.46. The van der Waals surface area contributed by atoms with Crippen molar-refractivity contribution in [3.63, 3.8) is 0 Å². The largest absolute Gasteiger partial charge is 0.497 e. The van der Waals surface area contributed by atoms with Gasteiger partial charge in [-0.3, -0.25) is 9.48 Å². The number of ether oxygens (including phenoxy) is 1. The lowest BCUT2D eigenvalue weighted by atomic mass is 10.2. The van der Waals surface area contributed by atoms with Crippen molar-refractivity contribution >= 4 is 33.0 Å². The summed E-state index contributed by atoms with van der Waals surface area (Å²) in [5.41, 5.74) is 1.10. The standard InChI is InChI=1S/C20H20ClN3O4S/c1-13-8-9-24(23-13)14(2)20(25)22-16-10-17(28-3)12-19(11-16)29(26,27)18-6-4-15(21)5-7-18/h4-12,14H,1-3H3,(H,22,25). The number of amides is 1. The predicted molar refractivity (Wildman–Crippen MR) is 110 cm³/mol. The van der Waals surface area contributed by atoms with E-state index in [4.69, 9.17) is 16.3 Å². The third kappa shape index (κ3) is 4.60. The molecule has 0 saturated heterocycles. The zero-order chi connectivity index (χ0) is 21.2. The van der Waals surface area contributed by atoms with Gasteiger partial charge < -0.3 is 10.1 Å². The first-order valence-electron chi connectivity index (χ1n) is 8.73. The van der Waals surface area contributed by atoms with Gasteiger partial charge in [0.1, 0.15) is 11.8 Å². The summed E-state index contributed by atoms with van der Waals surface area (Å²) in [7, 11) is -2.40. The summed E-state index contributed by atoms with van der Waals surface area (Å²) in [6.07, 6.45) is 1.71. The number of hydrogen-bond acceptors (Lipinski definition) is 5. The number of aryl methyl sites for hydroxylation is 1. The highest BCUT2D eigenvalue weighted by atomic mass is 35.5. The maximum atomic E-state index is 13.0. The highest BCUT2D eigenvalue weighted by Crippen LogP contribution is 2.29. The second-order valence-corrected chi connectivity index (χ2v) is 8.84. The Labute approximate surface area is 174 Å². The molecule has 0 spiro atoms. The van der Waals surface area contributed by atoms with Gasteiger partial charge in [-0.15, -0.1) is 0 Å². The Hall–Kier alpha value is -2.84. The van der Waals surface area contributed by atoms with E-state index in [0.29, 0.717) is 16.5 Å². The van der Waals surface area contributed by atoms with Crippen molar-refractivity contribution in [3.05, 3.63) is 65.4 Å². The van der Waals surface area contributed by atoms with Crippen LogP contribution < -0.4 is 10.1 Å². The monoisotopic (exact) mass is 433 g/mol. The summed E-state index contributed by atoms with van der Waals surface area (Å²) in [6, 6.07) is 11.4. The molecule has 9 heteroatoms. The lowest BCUT2D eigenvalue weighted by Crippen LogP contribution is -2.24. The molecule has 0 fully saturated rings. The first-order valence-corrected chi connectivity index (χ1v) is 10.6. The van der Waals surface area contributed by atoms with E-state index in [1.54, 1.807) is 25.3 Å². The molecular formula is C20H20ClN3O4S. The number of nitrogens with one attached hydrogen (secondary N) is 1. The Balaban J connectivity index is 1.92. The summed E-state index contributed by atoms with van der Waals surface area (Å²) in [6.45, 7) is 3.53. The number of carbonyl (C=O) groups excluding carboxylic acids is 1. The van der Waals surface area contributed by atoms with Crippen molar-refractivity contribution in [2.45, 2.75) is 29.7 Å². The van der Waals surface area contributed by atoms with E-state index in [1.807, 2.05) is 6.92 Å². The van der Waals surface area contributed by atoms with Gasteiger partial charge >= 0.3 is 0 Å². The molecule has 0 bridgehead atoms. The molecule has 0 aliphatic heterocycles. The van der Waals surface area contributed by atoms with Crippen molar-refractivity contribution in [1.29, 1.82) is 0 Å². The van der Waals surface area contributed by atoms with Crippen molar-refractivity contribution in [3.8, 4) is 5.75 Å². The van der Waals surface area contributed by atoms with Gasteiger partial charge in [0.2, 0.25) is 15.7 Å². The van der Waals surface area contributed by atoms with Crippen LogP contribution in [0.5, 0.6) is 5.75 Å². The van der Waals surface area contributed by atoms with Crippen LogP contribution in [0.1, 0.15) is 18.7 Å². The molecule has 0 saturated carbocycles. The van der Waals surface area contributed by atoms with Gasteiger partial charge in [-0.1, -0.05) is 11.6 Å². The zero-order valence-electron chi connectivity index (χ0n) is 16.1.